The molecule has 0 spiro atoms. The van der Waals surface area contributed by atoms with Crippen molar-refractivity contribution in [1.29, 1.82) is 0 Å². The molecular weight excluding hydrogens is 512 g/mol. The fourth-order valence-electron chi connectivity index (χ4n) is 3.36. The third-order valence-electron chi connectivity index (χ3n) is 4.97. The molecule has 36 heavy (non-hydrogen) atoms. The van der Waals surface area contributed by atoms with Gasteiger partial charge in [-0.15, -0.1) is 5.10 Å². The van der Waals surface area contributed by atoms with E-state index >= 15 is 0 Å². The van der Waals surface area contributed by atoms with Crippen LogP contribution in [0, 0.1) is 0 Å². The summed E-state index contributed by atoms with van der Waals surface area (Å²) in [4.78, 5) is 11.9. The van der Waals surface area contributed by atoms with E-state index in [1.54, 1.807) is 37.4 Å². The Balaban J connectivity index is 1.44. The van der Waals surface area contributed by atoms with Gasteiger partial charge in [-0.2, -0.15) is 8.42 Å². The second-order valence-electron chi connectivity index (χ2n) is 7.37. The number of fused-ring (bicyclic) bond motifs is 1. The van der Waals surface area contributed by atoms with Gasteiger partial charge in [0.15, 0.2) is 16.5 Å². The highest BCUT2D eigenvalue weighted by atomic mass is 35.5. The number of pyridine rings is 1. The van der Waals surface area contributed by atoms with Crippen molar-refractivity contribution >= 4 is 27.4 Å². The number of rotatable bonds is 9. The van der Waals surface area contributed by atoms with Gasteiger partial charge >= 0.3 is 6.01 Å². The molecule has 0 saturated carbocycles. The summed E-state index contributed by atoms with van der Waals surface area (Å²) in [6.07, 6.45) is 4.23. The van der Waals surface area contributed by atoms with Gasteiger partial charge in [0.1, 0.15) is 19.0 Å². The summed E-state index contributed by atoms with van der Waals surface area (Å²) in [6.45, 7) is 0.277. The number of sulfonamides is 1. The second kappa shape index (κ2) is 9.87. The van der Waals surface area contributed by atoms with Gasteiger partial charge in [0, 0.05) is 13.2 Å². The monoisotopic (exact) mass is 530 g/mol. The molecule has 4 aromatic rings. The number of benzene rings is 1. The SMILES string of the molecule is Cn1nc(OCCOc2ncc(Cl)cn2)c(-c2ccc3c(c2)OCO3)c1NS(=O)(=O)c1ccccn1. The molecule has 1 aromatic carbocycles. The van der Waals surface area contributed by atoms with Crippen molar-refractivity contribution < 1.29 is 27.4 Å². The molecular formula is C22H19ClN6O6S. The van der Waals surface area contributed by atoms with E-state index in [2.05, 4.69) is 24.8 Å². The van der Waals surface area contributed by atoms with Crippen molar-refractivity contribution in [3.63, 3.8) is 0 Å². The second-order valence-corrected chi connectivity index (χ2v) is 9.44. The smallest absolute Gasteiger partial charge is 0.316 e. The Bertz CT molecular complexity index is 1480. The minimum Gasteiger partial charge on any atom is -0.472 e. The molecule has 0 fully saturated rings. The van der Waals surface area contributed by atoms with Crippen molar-refractivity contribution in [1.82, 2.24) is 24.7 Å². The number of hydrogen-bond acceptors (Lipinski definition) is 10. The number of halogens is 1. The van der Waals surface area contributed by atoms with Crippen LogP contribution in [0.15, 0.2) is 60.0 Å². The summed E-state index contributed by atoms with van der Waals surface area (Å²) < 4.78 is 52.2. The summed E-state index contributed by atoms with van der Waals surface area (Å²) in [5, 5.41) is 4.64. The van der Waals surface area contributed by atoms with Crippen LogP contribution in [0.4, 0.5) is 5.82 Å². The molecule has 0 radical (unpaired) electrons. The first-order valence-corrected chi connectivity index (χ1v) is 12.4. The number of anilines is 1. The molecule has 14 heteroatoms. The number of nitrogens with zero attached hydrogens (tertiary/aromatic N) is 5. The maximum Gasteiger partial charge on any atom is 0.316 e. The third kappa shape index (κ3) is 4.97. The Morgan fingerprint density at radius 2 is 1.83 bits per heavy atom. The van der Waals surface area contributed by atoms with Gasteiger partial charge in [-0.1, -0.05) is 23.7 Å². The zero-order valence-electron chi connectivity index (χ0n) is 18.8. The first-order valence-electron chi connectivity index (χ1n) is 10.5. The van der Waals surface area contributed by atoms with Crippen molar-refractivity contribution in [3.8, 4) is 34.5 Å². The summed E-state index contributed by atoms with van der Waals surface area (Å²) in [6, 6.07) is 9.96. The molecule has 186 valence electrons. The van der Waals surface area contributed by atoms with E-state index in [0.717, 1.165) is 0 Å². The molecule has 1 aliphatic rings. The molecule has 0 unspecified atom stereocenters. The zero-order valence-corrected chi connectivity index (χ0v) is 20.4. The van der Waals surface area contributed by atoms with E-state index in [1.807, 2.05) is 0 Å². The van der Waals surface area contributed by atoms with Crippen LogP contribution < -0.4 is 23.7 Å². The highest BCUT2D eigenvalue weighted by molar-refractivity contribution is 7.92. The summed E-state index contributed by atoms with van der Waals surface area (Å²) >= 11 is 5.78. The Labute approximate surface area is 210 Å². The van der Waals surface area contributed by atoms with Crippen molar-refractivity contribution in [2.75, 3.05) is 24.7 Å². The molecule has 0 bridgehead atoms. The number of ether oxygens (including phenoxy) is 4. The van der Waals surface area contributed by atoms with Crippen LogP contribution in [-0.4, -0.2) is 53.2 Å². The molecule has 1 N–H and O–H groups in total. The fraction of sp³-hybridized carbons (Fsp3) is 0.182. The predicted molar refractivity (Wildman–Crippen MR) is 128 cm³/mol. The van der Waals surface area contributed by atoms with Crippen molar-refractivity contribution in [2.45, 2.75) is 5.03 Å². The minimum absolute atomic E-state index is 0.0764. The Morgan fingerprint density at radius 1 is 1.06 bits per heavy atom. The lowest BCUT2D eigenvalue weighted by Gasteiger charge is -2.11. The van der Waals surface area contributed by atoms with Crippen LogP contribution in [0.2, 0.25) is 5.02 Å². The van der Waals surface area contributed by atoms with Crippen LogP contribution in [0.3, 0.4) is 0 Å². The van der Waals surface area contributed by atoms with Gasteiger partial charge in [0.05, 0.1) is 23.0 Å². The summed E-state index contributed by atoms with van der Waals surface area (Å²) in [5.74, 6) is 1.45. The van der Waals surface area contributed by atoms with Gasteiger partial charge in [-0.3, -0.25) is 4.72 Å². The Hall–Kier alpha value is -4.10. The number of aromatic nitrogens is 5. The number of nitrogens with one attached hydrogen (secondary N) is 1. The lowest BCUT2D eigenvalue weighted by Crippen LogP contribution is -2.17. The van der Waals surface area contributed by atoms with Gasteiger partial charge in [0.2, 0.25) is 12.7 Å². The summed E-state index contributed by atoms with van der Waals surface area (Å²) in [5.41, 5.74) is 1.00. The number of aryl methyl sites for hydroxylation is 1. The topological polar surface area (TPSA) is 140 Å². The van der Waals surface area contributed by atoms with Gasteiger partial charge in [-0.05, 0) is 29.8 Å². The molecule has 12 nitrogen and oxygen atoms in total. The van der Waals surface area contributed by atoms with Crippen LogP contribution in [0.5, 0.6) is 23.4 Å². The van der Waals surface area contributed by atoms with E-state index < -0.39 is 10.0 Å². The molecule has 1 aliphatic heterocycles. The maximum atomic E-state index is 13.0. The van der Waals surface area contributed by atoms with Crippen LogP contribution in [0.1, 0.15) is 0 Å². The van der Waals surface area contributed by atoms with Crippen LogP contribution in [-0.2, 0) is 17.1 Å². The first-order chi connectivity index (χ1) is 17.4. The molecule has 3 aromatic heterocycles. The standard InChI is InChI=1S/C22H19ClN6O6S/c1-29-20(28-36(30,31)18-4-2-3-7-24-18)19(14-5-6-16-17(10-14)35-13-34-16)21(27-29)32-8-9-33-22-25-11-15(23)12-26-22/h2-7,10-12,28H,8-9,13H2,1H3. The zero-order chi connectivity index (χ0) is 25.1. The first kappa shape index (κ1) is 23.6. The average Bonchev–Trinajstić information content (AvgIpc) is 3.47. The molecule has 0 atom stereocenters. The fourth-order valence-corrected chi connectivity index (χ4v) is 4.51. The molecule has 5 rings (SSSR count). The van der Waals surface area contributed by atoms with Crippen molar-refractivity contribution in [2.24, 2.45) is 7.05 Å². The van der Waals surface area contributed by atoms with Gasteiger partial charge in [0.25, 0.3) is 10.0 Å². The quantitative estimate of drug-likeness (QED) is 0.321. The lowest BCUT2D eigenvalue weighted by molar-refractivity contribution is 0.174. The average molecular weight is 531 g/mol. The highest BCUT2D eigenvalue weighted by Gasteiger charge is 2.26. The van der Waals surface area contributed by atoms with E-state index in [4.69, 9.17) is 30.5 Å². The highest BCUT2D eigenvalue weighted by Crippen LogP contribution is 2.42. The van der Waals surface area contributed by atoms with Crippen LogP contribution >= 0.6 is 11.6 Å². The van der Waals surface area contributed by atoms with Crippen molar-refractivity contribution in [3.05, 3.63) is 60.0 Å². The van der Waals surface area contributed by atoms with Gasteiger partial charge in [-0.25, -0.2) is 19.6 Å². The maximum absolute atomic E-state index is 13.0. The third-order valence-corrected chi connectivity index (χ3v) is 6.42. The predicted octanol–water partition coefficient (Wildman–Crippen LogP) is 2.91. The molecule has 4 heterocycles. The normalized spacial score (nSPS) is 12.4. The Morgan fingerprint density at radius 3 is 2.61 bits per heavy atom. The van der Waals surface area contributed by atoms with Crippen LogP contribution in [0.25, 0.3) is 11.1 Å². The molecule has 0 amide bonds. The van der Waals surface area contributed by atoms with E-state index in [1.165, 1.54) is 29.3 Å². The Kier molecular flexibility index (Phi) is 6.48. The van der Waals surface area contributed by atoms with E-state index in [0.29, 0.717) is 27.6 Å². The summed E-state index contributed by atoms with van der Waals surface area (Å²) in [7, 11) is -2.42. The van der Waals surface area contributed by atoms with E-state index in [9.17, 15) is 8.42 Å². The largest absolute Gasteiger partial charge is 0.472 e. The minimum atomic E-state index is -4.01. The van der Waals surface area contributed by atoms with E-state index in [-0.39, 0.29) is 42.7 Å². The lowest BCUT2D eigenvalue weighted by atomic mass is 10.1. The number of hydrogen-bond donors (Lipinski definition) is 1. The van der Waals surface area contributed by atoms with Gasteiger partial charge < -0.3 is 18.9 Å². The molecule has 0 saturated heterocycles. The molecule has 0 aliphatic carbocycles.